The summed E-state index contributed by atoms with van der Waals surface area (Å²) in [5.41, 5.74) is 0. The first-order valence-corrected chi connectivity index (χ1v) is 8.16. The molecule has 0 radical (unpaired) electrons. The fourth-order valence-electron chi connectivity index (χ4n) is 5.58. The van der Waals surface area contributed by atoms with E-state index < -0.39 is 0 Å². The molecule has 0 saturated heterocycles. The SMILES string of the molecule is CC1CC2CC3CCCCC3C(C)C2CC1C. The van der Waals surface area contributed by atoms with Crippen molar-refractivity contribution < 1.29 is 0 Å². The highest BCUT2D eigenvalue weighted by molar-refractivity contribution is 4.95. The minimum Gasteiger partial charge on any atom is -0.0622 e. The Hall–Kier alpha value is 0. The molecule has 0 aromatic carbocycles. The first-order chi connectivity index (χ1) is 8.16. The lowest BCUT2D eigenvalue weighted by molar-refractivity contribution is -0.0287. The molecule has 0 amide bonds. The van der Waals surface area contributed by atoms with Gasteiger partial charge in [0, 0.05) is 0 Å². The highest BCUT2D eigenvalue weighted by atomic mass is 14.5. The van der Waals surface area contributed by atoms with Crippen molar-refractivity contribution >= 4 is 0 Å². The summed E-state index contributed by atoms with van der Waals surface area (Å²) in [7, 11) is 0. The summed E-state index contributed by atoms with van der Waals surface area (Å²) in [6, 6.07) is 0. The van der Waals surface area contributed by atoms with Crippen LogP contribution in [0.3, 0.4) is 0 Å². The van der Waals surface area contributed by atoms with E-state index in [0.717, 1.165) is 41.4 Å². The van der Waals surface area contributed by atoms with Crippen molar-refractivity contribution in [3.05, 3.63) is 0 Å². The van der Waals surface area contributed by atoms with E-state index in [0.29, 0.717) is 0 Å². The summed E-state index contributed by atoms with van der Waals surface area (Å²) in [4.78, 5) is 0. The third kappa shape index (κ3) is 2.06. The molecule has 7 atom stereocenters. The van der Waals surface area contributed by atoms with Crippen molar-refractivity contribution in [3.63, 3.8) is 0 Å². The Morgan fingerprint density at radius 1 is 0.647 bits per heavy atom. The summed E-state index contributed by atoms with van der Waals surface area (Å²) in [5, 5.41) is 0. The largest absolute Gasteiger partial charge is 0.0622 e. The lowest BCUT2D eigenvalue weighted by Crippen LogP contribution is -2.44. The molecule has 7 unspecified atom stereocenters. The van der Waals surface area contributed by atoms with Gasteiger partial charge in [-0.2, -0.15) is 0 Å². The van der Waals surface area contributed by atoms with Crippen LogP contribution in [0.25, 0.3) is 0 Å². The maximum atomic E-state index is 2.60. The summed E-state index contributed by atoms with van der Waals surface area (Å²) in [5.74, 6) is 7.40. The van der Waals surface area contributed by atoms with Crippen LogP contribution >= 0.6 is 0 Å². The van der Waals surface area contributed by atoms with Crippen molar-refractivity contribution in [2.24, 2.45) is 41.4 Å². The minimum absolute atomic E-state index is 0.985. The molecule has 3 rings (SSSR count). The van der Waals surface area contributed by atoms with Gasteiger partial charge in [-0.1, -0.05) is 40.0 Å². The van der Waals surface area contributed by atoms with Gasteiger partial charge in [0.1, 0.15) is 0 Å². The molecule has 0 heterocycles. The van der Waals surface area contributed by atoms with E-state index >= 15 is 0 Å². The first-order valence-electron chi connectivity index (χ1n) is 8.16. The molecule has 17 heavy (non-hydrogen) atoms. The third-order valence-corrected chi connectivity index (χ3v) is 6.82. The van der Waals surface area contributed by atoms with Crippen molar-refractivity contribution in [2.45, 2.75) is 65.7 Å². The van der Waals surface area contributed by atoms with Crippen LogP contribution in [-0.4, -0.2) is 0 Å². The van der Waals surface area contributed by atoms with Crippen LogP contribution in [0.2, 0.25) is 0 Å². The van der Waals surface area contributed by atoms with Gasteiger partial charge in [-0.15, -0.1) is 0 Å². The second-order valence-corrected chi connectivity index (χ2v) is 7.65. The van der Waals surface area contributed by atoms with Crippen LogP contribution in [0, 0.1) is 41.4 Å². The predicted molar refractivity (Wildman–Crippen MR) is 73.8 cm³/mol. The van der Waals surface area contributed by atoms with Crippen LogP contribution in [0.4, 0.5) is 0 Å². The van der Waals surface area contributed by atoms with E-state index in [-0.39, 0.29) is 0 Å². The Kier molecular flexibility index (Phi) is 3.26. The zero-order valence-electron chi connectivity index (χ0n) is 12.0. The molecule has 0 aliphatic heterocycles. The number of fused-ring (bicyclic) bond motifs is 2. The lowest BCUT2D eigenvalue weighted by atomic mass is 9.53. The van der Waals surface area contributed by atoms with E-state index in [1.807, 2.05) is 0 Å². The smallest absolute Gasteiger partial charge is 0.0354 e. The lowest BCUT2D eigenvalue weighted by Gasteiger charge is -2.52. The van der Waals surface area contributed by atoms with Crippen molar-refractivity contribution in [1.82, 2.24) is 0 Å². The highest BCUT2D eigenvalue weighted by Gasteiger charge is 2.45. The Bertz CT molecular complexity index is 267. The third-order valence-electron chi connectivity index (χ3n) is 6.82. The molecule has 0 nitrogen and oxygen atoms in total. The average Bonchev–Trinajstić information content (AvgIpc) is 2.32. The molecule has 0 bridgehead atoms. The summed E-state index contributed by atoms with van der Waals surface area (Å²) in [6.07, 6.45) is 10.8. The quantitative estimate of drug-likeness (QED) is 0.545. The normalized spacial score (nSPS) is 54.9. The molecule has 0 aromatic heterocycles. The first kappa shape index (κ1) is 12.1. The van der Waals surface area contributed by atoms with Gasteiger partial charge in [0.2, 0.25) is 0 Å². The topological polar surface area (TPSA) is 0 Å². The van der Waals surface area contributed by atoms with E-state index in [4.69, 9.17) is 0 Å². The second kappa shape index (κ2) is 4.59. The summed E-state index contributed by atoms with van der Waals surface area (Å²) < 4.78 is 0. The van der Waals surface area contributed by atoms with Crippen LogP contribution in [0.5, 0.6) is 0 Å². The predicted octanol–water partition coefficient (Wildman–Crippen LogP) is 5.13. The van der Waals surface area contributed by atoms with Crippen molar-refractivity contribution in [3.8, 4) is 0 Å². The molecule has 0 N–H and O–H groups in total. The Morgan fingerprint density at radius 3 is 2.18 bits per heavy atom. The van der Waals surface area contributed by atoms with Crippen LogP contribution in [0.15, 0.2) is 0 Å². The molecule has 3 fully saturated rings. The fourth-order valence-corrected chi connectivity index (χ4v) is 5.58. The molecular weight excluding hydrogens is 204 g/mol. The zero-order valence-corrected chi connectivity index (χ0v) is 12.0. The van der Waals surface area contributed by atoms with Crippen LogP contribution in [0.1, 0.15) is 65.7 Å². The van der Waals surface area contributed by atoms with Gasteiger partial charge >= 0.3 is 0 Å². The van der Waals surface area contributed by atoms with E-state index in [1.54, 1.807) is 25.7 Å². The van der Waals surface area contributed by atoms with E-state index in [1.165, 1.54) is 19.3 Å². The van der Waals surface area contributed by atoms with Crippen molar-refractivity contribution in [2.75, 3.05) is 0 Å². The second-order valence-electron chi connectivity index (χ2n) is 7.65. The van der Waals surface area contributed by atoms with Crippen molar-refractivity contribution in [1.29, 1.82) is 0 Å². The minimum atomic E-state index is 0.985. The van der Waals surface area contributed by atoms with Crippen LogP contribution in [-0.2, 0) is 0 Å². The molecular formula is C17H30. The number of rotatable bonds is 0. The molecule has 3 aliphatic rings. The Balaban J connectivity index is 1.76. The highest BCUT2D eigenvalue weighted by Crippen LogP contribution is 2.54. The van der Waals surface area contributed by atoms with E-state index in [9.17, 15) is 0 Å². The number of hydrogen-bond donors (Lipinski definition) is 0. The maximum absolute atomic E-state index is 2.60. The monoisotopic (exact) mass is 234 g/mol. The van der Waals surface area contributed by atoms with Crippen LogP contribution < -0.4 is 0 Å². The van der Waals surface area contributed by atoms with Gasteiger partial charge in [-0.25, -0.2) is 0 Å². The molecule has 0 heteroatoms. The Morgan fingerprint density at radius 2 is 1.35 bits per heavy atom. The summed E-state index contributed by atoms with van der Waals surface area (Å²) >= 11 is 0. The van der Waals surface area contributed by atoms with Gasteiger partial charge < -0.3 is 0 Å². The summed E-state index contributed by atoms with van der Waals surface area (Å²) in [6.45, 7) is 7.60. The molecule has 3 saturated carbocycles. The number of hydrogen-bond acceptors (Lipinski definition) is 0. The Labute approximate surface area is 108 Å². The standard InChI is InChI=1S/C17H30/c1-11-8-15-10-14-6-4-5-7-16(14)13(3)17(15)9-12(11)2/h11-17H,4-10H2,1-3H3. The molecule has 3 aliphatic carbocycles. The average molecular weight is 234 g/mol. The molecule has 0 spiro atoms. The molecule has 0 aromatic rings. The van der Waals surface area contributed by atoms with Gasteiger partial charge in [-0.05, 0) is 67.1 Å². The van der Waals surface area contributed by atoms with Gasteiger partial charge in [-0.3, -0.25) is 0 Å². The molecule has 98 valence electrons. The van der Waals surface area contributed by atoms with E-state index in [2.05, 4.69) is 20.8 Å². The van der Waals surface area contributed by atoms with Gasteiger partial charge in [0.05, 0.1) is 0 Å². The maximum Gasteiger partial charge on any atom is -0.0354 e. The zero-order chi connectivity index (χ0) is 12.0. The fraction of sp³-hybridized carbons (Fsp3) is 1.00. The van der Waals surface area contributed by atoms with Gasteiger partial charge in [0.25, 0.3) is 0 Å². The van der Waals surface area contributed by atoms with Gasteiger partial charge in [0.15, 0.2) is 0 Å².